The van der Waals surface area contributed by atoms with E-state index in [0.29, 0.717) is 42.0 Å². The van der Waals surface area contributed by atoms with Crippen molar-refractivity contribution >= 4 is 28.2 Å². The predicted octanol–water partition coefficient (Wildman–Crippen LogP) is 0.139. The van der Waals surface area contributed by atoms with Gasteiger partial charge in [-0.05, 0) is 0 Å². The molecule has 0 aliphatic rings. The van der Waals surface area contributed by atoms with Crippen LogP contribution in [0.4, 0.5) is 10.9 Å². The van der Waals surface area contributed by atoms with E-state index in [1.807, 2.05) is 0 Å². The van der Waals surface area contributed by atoms with E-state index >= 15 is 0 Å². The highest BCUT2D eigenvalue weighted by Gasteiger charge is 2.15. The summed E-state index contributed by atoms with van der Waals surface area (Å²) < 4.78 is 9.76. The van der Waals surface area contributed by atoms with Crippen LogP contribution in [0.5, 0.6) is 0 Å². The molecule has 0 saturated heterocycles. The summed E-state index contributed by atoms with van der Waals surface area (Å²) in [5.41, 5.74) is 5.74. The molecule has 4 N–H and O–H groups in total. The molecule has 21 heavy (non-hydrogen) atoms. The number of aromatic nitrogens is 3. The van der Waals surface area contributed by atoms with Gasteiger partial charge in [0.15, 0.2) is 11.5 Å². The van der Waals surface area contributed by atoms with Gasteiger partial charge in [0.2, 0.25) is 5.89 Å². The predicted molar refractivity (Wildman–Crippen MR) is 77.2 cm³/mol. The van der Waals surface area contributed by atoms with Crippen LogP contribution in [0.25, 0.3) is 0 Å². The number of carbonyl (C=O) groups excluding carboxylic acids is 1. The molecular weight excluding hydrogens is 296 g/mol. The van der Waals surface area contributed by atoms with Gasteiger partial charge >= 0.3 is 0 Å². The van der Waals surface area contributed by atoms with E-state index in [0.717, 1.165) is 0 Å². The number of anilines is 2. The lowest BCUT2D eigenvalue weighted by atomic mass is 10.4. The van der Waals surface area contributed by atoms with Crippen LogP contribution in [-0.4, -0.2) is 47.8 Å². The summed E-state index contributed by atoms with van der Waals surface area (Å²) in [5, 5.41) is 9.83. The van der Waals surface area contributed by atoms with Crippen LogP contribution >= 0.6 is 11.3 Å². The van der Waals surface area contributed by atoms with Crippen LogP contribution in [-0.2, 0) is 11.2 Å². The zero-order valence-corrected chi connectivity index (χ0v) is 12.3. The summed E-state index contributed by atoms with van der Waals surface area (Å²) in [6.07, 6.45) is 1.78. The number of nitrogens with zero attached hydrogens (tertiary/aromatic N) is 3. The molecule has 0 radical (unpaired) electrons. The molecule has 2 aromatic heterocycles. The third-order valence-corrected chi connectivity index (χ3v) is 3.50. The number of nitrogens with one attached hydrogen (secondary N) is 2. The molecule has 0 unspecified atom stereocenters. The summed E-state index contributed by atoms with van der Waals surface area (Å²) >= 11 is 1.20. The third kappa shape index (κ3) is 4.39. The standard InChI is InChI=1S/C11H16N6O3S/c1-19-5-4-14-11-17-9(12)8(21-11)10(18)13-3-2-7-15-6-16-20-7/h6H,2-5,12H2,1H3,(H,13,18)(H,14,17). The summed E-state index contributed by atoms with van der Waals surface area (Å²) in [6.45, 7) is 1.53. The lowest BCUT2D eigenvalue weighted by molar-refractivity contribution is 0.0958. The second kappa shape index (κ2) is 7.55. The second-order valence-electron chi connectivity index (χ2n) is 3.99. The van der Waals surface area contributed by atoms with E-state index in [1.54, 1.807) is 7.11 Å². The Morgan fingerprint density at radius 3 is 3.10 bits per heavy atom. The Kier molecular flexibility index (Phi) is 5.46. The fourth-order valence-corrected chi connectivity index (χ4v) is 2.33. The van der Waals surface area contributed by atoms with Crippen molar-refractivity contribution in [3.05, 3.63) is 17.1 Å². The van der Waals surface area contributed by atoms with Gasteiger partial charge < -0.3 is 25.6 Å². The Bertz CT molecular complexity index is 571. The number of methoxy groups -OCH3 is 1. The molecule has 0 spiro atoms. The smallest absolute Gasteiger partial charge is 0.265 e. The SMILES string of the molecule is COCCNc1nc(N)c(C(=O)NCCc2ncno2)s1. The lowest BCUT2D eigenvalue weighted by Gasteiger charge is -2.01. The number of amides is 1. The fourth-order valence-electron chi connectivity index (χ4n) is 1.50. The summed E-state index contributed by atoms with van der Waals surface area (Å²) in [7, 11) is 1.61. The van der Waals surface area contributed by atoms with Crippen LogP contribution < -0.4 is 16.4 Å². The number of thiazole rings is 1. The first kappa shape index (κ1) is 15.2. The molecule has 0 aliphatic carbocycles. The van der Waals surface area contributed by atoms with Gasteiger partial charge in [-0.15, -0.1) is 0 Å². The minimum absolute atomic E-state index is 0.204. The first-order valence-electron chi connectivity index (χ1n) is 6.23. The minimum atomic E-state index is -0.274. The van der Waals surface area contributed by atoms with Crippen molar-refractivity contribution in [3.63, 3.8) is 0 Å². The number of nitrogen functional groups attached to an aromatic ring is 1. The van der Waals surface area contributed by atoms with E-state index in [2.05, 4.69) is 25.8 Å². The molecule has 10 heteroatoms. The zero-order chi connectivity index (χ0) is 15.1. The third-order valence-electron chi connectivity index (χ3n) is 2.47. The monoisotopic (exact) mass is 312 g/mol. The van der Waals surface area contributed by atoms with Crippen molar-refractivity contribution in [2.24, 2.45) is 0 Å². The first-order valence-corrected chi connectivity index (χ1v) is 7.05. The van der Waals surface area contributed by atoms with Crippen molar-refractivity contribution in [1.82, 2.24) is 20.4 Å². The van der Waals surface area contributed by atoms with Crippen molar-refractivity contribution in [1.29, 1.82) is 0 Å². The normalized spacial score (nSPS) is 10.5. The Morgan fingerprint density at radius 1 is 1.52 bits per heavy atom. The van der Waals surface area contributed by atoms with E-state index in [4.69, 9.17) is 15.0 Å². The highest BCUT2D eigenvalue weighted by molar-refractivity contribution is 7.18. The number of carbonyl (C=O) groups is 1. The summed E-state index contributed by atoms with van der Waals surface area (Å²) in [4.78, 5) is 20.3. The number of rotatable bonds is 8. The van der Waals surface area contributed by atoms with E-state index in [9.17, 15) is 4.79 Å². The highest BCUT2D eigenvalue weighted by Crippen LogP contribution is 2.24. The average Bonchev–Trinajstić information content (AvgIpc) is 3.09. The molecule has 0 saturated carbocycles. The largest absolute Gasteiger partial charge is 0.383 e. The van der Waals surface area contributed by atoms with Gasteiger partial charge in [-0.1, -0.05) is 16.5 Å². The van der Waals surface area contributed by atoms with E-state index < -0.39 is 0 Å². The molecule has 1 amide bonds. The number of nitrogens with two attached hydrogens (primary N) is 1. The van der Waals surface area contributed by atoms with Gasteiger partial charge in [-0.2, -0.15) is 4.98 Å². The highest BCUT2D eigenvalue weighted by atomic mass is 32.1. The van der Waals surface area contributed by atoms with Gasteiger partial charge in [0.1, 0.15) is 10.7 Å². The number of hydrogen-bond acceptors (Lipinski definition) is 9. The molecule has 2 aromatic rings. The van der Waals surface area contributed by atoms with Gasteiger partial charge in [0, 0.05) is 26.6 Å². The Labute approximate surface area is 124 Å². The maximum Gasteiger partial charge on any atom is 0.265 e. The molecule has 0 atom stereocenters. The van der Waals surface area contributed by atoms with Crippen LogP contribution in [0.1, 0.15) is 15.6 Å². The van der Waals surface area contributed by atoms with Gasteiger partial charge in [0.25, 0.3) is 5.91 Å². The Morgan fingerprint density at radius 2 is 2.38 bits per heavy atom. The molecule has 0 fully saturated rings. The maximum absolute atomic E-state index is 12.0. The molecule has 0 aliphatic heterocycles. The molecule has 2 heterocycles. The molecule has 0 bridgehead atoms. The molecule has 0 aromatic carbocycles. The number of ether oxygens (including phenoxy) is 1. The summed E-state index contributed by atoms with van der Waals surface area (Å²) in [5.74, 6) is 0.397. The van der Waals surface area contributed by atoms with Gasteiger partial charge in [0.05, 0.1) is 6.61 Å². The van der Waals surface area contributed by atoms with Crippen molar-refractivity contribution in [2.75, 3.05) is 37.9 Å². The molecule has 2 rings (SSSR count). The topological polar surface area (TPSA) is 128 Å². The van der Waals surface area contributed by atoms with Crippen LogP contribution in [0.2, 0.25) is 0 Å². The van der Waals surface area contributed by atoms with Crippen LogP contribution in [0.3, 0.4) is 0 Å². The molecular formula is C11H16N6O3S. The Balaban J connectivity index is 1.83. The van der Waals surface area contributed by atoms with Crippen LogP contribution in [0, 0.1) is 0 Å². The Hall–Kier alpha value is -2.20. The minimum Gasteiger partial charge on any atom is -0.383 e. The molecule has 114 valence electrons. The van der Waals surface area contributed by atoms with Gasteiger partial charge in [-0.3, -0.25) is 4.79 Å². The maximum atomic E-state index is 12.0. The van der Waals surface area contributed by atoms with Crippen molar-refractivity contribution < 1.29 is 14.1 Å². The van der Waals surface area contributed by atoms with Crippen LogP contribution in [0.15, 0.2) is 10.9 Å². The van der Waals surface area contributed by atoms with Crippen molar-refractivity contribution in [2.45, 2.75) is 6.42 Å². The zero-order valence-electron chi connectivity index (χ0n) is 11.5. The second-order valence-corrected chi connectivity index (χ2v) is 4.99. The van der Waals surface area contributed by atoms with Gasteiger partial charge in [-0.25, -0.2) is 4.98 Å². The average molecular weight is 312 g/mol. The number of hydrogen-bond donors (Lipinski definition) is 3. The van der Waals surface area contributed by atoms with E-state index in [1.165, 1.54) is 17.7 Å². The quantitative estimate of drug-likeness (QED) is 0.587. The molecule has 9 nitrogen and oxygen atoms in total. The van der Waals surface area contributed by atoms with Crippen molar-refractivity contribution in [3.8, 4) is 0 Å². The van der Waals surface area contributed by atoms with E-state index in [-0.39, 0.29) is 11.7 Å². The lowest BCUT2D eigenvalue weighted by Crippen LogP contribution is -2.25. The summed E-state index contributed by atoms with van der Waals surface area (Å²) in [6, 6.07) is 0. The fraction of sp³-hybridized carbons (Fsp3) is 0.455. The first-order chi connectivity index (χ1) is 10.2.